The molecule has 3 rings (SSSR count). The number of nitrogens with zero attached hydrogens (tertiary/aromatic N) is 1. The molecule has 3 aromatic rings. The fourth-order valence-corrected chi connectivity index (χ4v) is 5.10. The number of carbonyl (C=O) groups excluding carboxylic acids is 1. The predicted octanol–water partition coefficient (Wildman–Crippen LogP) is 7.44. The van der Waals surface area contributed by atoms with Crippen LogP contribution in [0.15, 0.2) is 70.7 Å². The molecule has 0 saturated carbocycles. The van der Waals surface area contributed by atoms with Crippen molar-refractivity contribution in [3.05, 3.63) is 94.0 Å². The first-order valence-electron chi connectivity index (χ1n) is 8.90. The van der Waals surface area contributed by atoms with Crippen LogP contribution in [0.25, 0.3) is 6.08 Å². The number of amides is 1. The highest BCUT2D eigenvalue weighted by molar-refractivity contribution is 14.1. The minimum absolute atomic E-state index is 0.00470. The van der Waals surface area contributed by atoms with Crippen LogP contribution in [-0.4, -0.2) is 5.91 Å². The Morgan fingerprint density at radius 2 is 1.71 bits per heavy atom. The van der Waals surface area contributed by atoms with Gasteiger partial charge < -0.3 is 10.1 Å². The van der Waals surface area contributed by atoms with Gasteiger partial charge in [-0.3, -0.25) is 4.79 Å². The summed E-state index contributed by atoms with van der Waals surface area (Å²) in [4.78, 5) is 12.5. The molecule has 8 heteroatoms. The molecule has 0 saturated heterocycles. The second-order valence-corrected chi connectivity index (χ2v) is 10.0. The molecule has 0 spiro atoms. The zero-order chi connectivity index (χ0) is 22.4. The number of carbonyl (C=O) groups is 1. The fraction of sp³-hybridized carbons (Fsp3) is 0.0435. The van der Waals surface area contributed by atoms with Crippen LogP contribution in [0.2, 0.25) is 5.02 Å². The molecule has 0 aliphatic heterocycles. The maximum absolute atomic E-state index is 12.5. The third-order valence-electron chi connectivity index (χ3n) is 4.10. The molecule has 0 atom stereocenters. The van der Waals surface area contributed by atoms with E-state index in [2.05, 4.69) is 66.4 Å². The second-order valence-electron chi connectivity index (χ2n) is 6.36. The summed E-state index contributed by atoms with van der Waals surface area (Å²) in [6.45, 7) is 0.446. The molecule has 0 aliphatic carbocycles. The topological polar surface area (TPSA) is 62.1 Å². The second kappa shape index (κ2) is 11.3. The third-order valence-corrected chi connectivity index (χ3v) is 6.48. The van der Waals surface area contributed by atoms with Crippen LogP contribution in [0.4, 0.5) is 5.69 Å². The summed E-state index contributed by atoms with van der Waals surface area (Å²) in [6.07, 6.45) is 1.56. The zero-order valence-corrected chi connectivity index (χ0v) is 22.5. The van der Waals surface area contributed by atoms with Gasteiger partial charge in [0.05, 0.1) is 7.14 Å². The molecule has 4 nitrogen and oxygen atoms in total. The highest BCUT2D eigenvalue weighted by Crippen LogP contribution is 2.30. The van der Waals surface area contributed by atoms with Gasteiger partial charge in [0.1, 0.15) is 24.0 Å². The molecule has 3 aromatic carbocycles. The Balaban J connectivity index is 1.76. The lowest BCUT2D eigenvalue weighted by molar-refractivity contribution is -0.112. The molecule has 1 N–H and O–H groups in total. The highest BCUT2D eigenvalue weighted by Gasteiger charge is 2.13. The first kappa shape index (κ1) is 24.0. The van der Waals surface area contributed by atoms with Gasteiger partial charge >= 0.3 is 0 Å². The monoisotopic (exact) mass is 718 g/mol. The Kier molecular flexibility index (Phi) is 8.77. The SMILES string of the molecule is N#C/C(=C/c1cc(I)c(OCc2ccc(Br)cc2)c(I)c1)C(=O)Nc1ccc(Cl)cc1. The molecule has 156 valence electrons. The van der Waals surface area contributed by atoms with E-state index in [1.165, 1.54) is 0 Å². The summed E-state index contributed by atoms with van der Waals surface area (Å²) in [5.41, 5.74) is 2.37. The van der Waals surface area contributed by atoms with Gasteiger partial charge in [-0.05, 0) is 111 Å². The van der Waals surface area contributed by atoms with E-state index >= 15 is 0 Å². The van der Waals surface area contributed by atoms with Crippen molar-refractivity contribution >= 4 is 90.4 Å². The van der Waals surface area contributed by atoms with E-state index in [9.17, 15) is 10.1 Å². The van der Waals surface area contributed by atoms with Crippen LogP contribution in [0, 0.1) is 18.5 Å². The number of rotatable bonds is 6. The zero-order valence-electron chi connectivity index (χ0n) is 15.8. The normalized spacial score (nSPS) is 11.0. The summed E-state index contributed by atoms with van der Waals surface area (Å²) in [5.74, 6) is 0.288. The summed E-state index contributed by atoms with van der Waals surface area (Å²) in [7, 11) is 0. The Morgan fingerprint density at radius 3 is 2.29 bits per heavy atom. The number of nitrogens with one attached hydrogen (secondary N) is 1. The van der Waals surface area contributed by atoms with Crippen molar-refractivity contribution in [3.63, 3.8) is 0 Å². The maximum atomic E-state index is 12.5. The van der Waals surface area contributed by atoms with Gasteiger partial charge in [-0.1, -0.05) is 39.7 Å². The van der Waals surface area contributed by atoms with Gasteiger partial charge in [-0.25, -0.2) is 0 Å². The lowest BCUT2D eigenvalue weighted by Gasteiger charge is -2.12. The average molecular weight is 720 g/mol. The van der Waals surface area contributed by atoms with Crippen molar-refractivity contribution in [2.24, 2.45) is 0 Å². The Labute approximate surface area is 221 Å². The standard InChI is InChI=1S/C23H14BrClI2N2O2/c24-17-3-1-14(2-4-17)13-31-22-20(26)10-15(11-21(22)27)9-16(12-28)23(30)29-19-7-5-18(25)6-8-19/h1-11H,13H2,(H,29,30)/b16-9-. The molecule has 0 heterocycles. The quantitative estimate of drug-likeness (QED) is 0.164. The van der Waals surface area contributed by atoms with Gasteiger partial charge in [0.25, 0.3) is 5.91 Å². The van der Waals surface area contributed by atoms with Crippen LogP contribution < -0.4 is 10.1 Å². The molecular weight excluding hydrogens is 705 g/mol. The highest BCUT2D eigenvalue weighted by atomic mass is 127. The molecular formula is C23H14BrClI2N2O2. The van der Waals surface area contributed by atoms with Crippen molar-refractivity contribution in [2.75, 3.05) is 5.32 Å². The van der Waals surface area contributed by atoms with Crippen molar-refractivity contribution in [1.29, 1.82) is 5.26 Å². The van der Waals surface area contributed by atoms with Crippen LogP contribution in [0.1, 0.15) is 11.1 Å². The number of ether oxygens (including phenoxy) is 1. The number of hydrogen-bond donors (Lipinski definition) is 1. The summed E-state index contributed by atoms with van der Waals surface area (Å²) < 4.78 is 8.81. The molecule has 0 unspecified atom stereocenters. The van der Waals surface area contributed by atoms with E-state index in [1.807, 2.05) is 42.5 Å². The Hall–Kier alpha value is -1.61. The van der Waals surface area contributed by atoms with Crippen LogP contribution >= 0.6 is 72.7 Å². The minimum atomic E-state index is -0.481. The van der Waals surface area contributed by atoms with Gasteiger partial charge in [-0.15, -0.1) is 0 Å². The van der Waals surface area contributed by atoms with Crippen molar-refractivity contribution in [2.45, 2.75) is 6.61 Å². The van der Waals surface area contributed by atoms with E-state index in [0.717, 1.165) is 28.5 Å². The number of hydrogen-bond acceptors (Lipinski definition) is 3. The van der Waals surface area contributed by atoms with E-state index in [-0.39, 0.29) is 5.57 Å². The van der Waals surface area contributed by atoms with Gasteiger partial charge in [0.15, 0.2) is 0 Å². The summed E-state index contributed by atoms with van der Waals surface area (Å²) >= 11 is 13.7. The molecule has 0 fully saturated rings. The Bertz CT molecular complexity index is 1150. The number of benzene rings is 3. The smallest absolute Gasteiger partial charge is 0.266 e. The minimum Gasteiger partial charge on any atom is -0.487 e. The molecule has 31 heavy (non-hydrogen) atoms. The molecule has 1 amide bonds. The van der Waals surface area contributed by atoms with Gasteiger partial charge in [0.2, 0.25) is 0 Å². The first-order valence-corrected chi connectivity index (χ1v) is 12.2. The molecule has 0 radical (unpaired) electrons. The fourth-order valence-electron chi connectivity index (χ4n) is 2.58. The molecule has 0 bridgehead atoms. The summed E-state index contributed by atoms with van der Waals surface area (Å²) in [5, 5.41) is 12.7. The predicted molar refractivity (Wildman–Crippen MR) is 144 cm³/mol. The van der Waals surface area contributed by atoms with E-state index in [4.69, 9.17) is 16.3 Å². The van der Waals surface area contributed by atoms with Gasteiger partial charge in [-0.2, -0.15) is 5.26 Å². The summed E-state index contributed by atoms with van der Waals surface area (Å²) in [6, 6.07) is 20.4. The lowest BCUT2D eigenvalue weighted by atomic mass is 10.1. The van der Waals surface area contributed by atoms with Crippen molar-refractivity contribution in [3.8, 4) is 11.8 Å². The van der Waals surface area contributed by atoms with E-state index in [0.29, 0.717) is 17.3 Å². The maximum Gasteiger partial charge on any atom is 0.266 e. The Morgan fingerprint density at radius 1 is 1.10 bits per heavy atom. The largest absolute Gasteiger partial charge is 0.487 e. The van der Waals surface area contributed by atoms with Crippen molar-refractivity contribution in [1.82, 2.24) is 0 Å². The van der Waals surface area contributed by atoms with Crippen molar-refractivity contribution < 1.29 is 9.53 Å². The van der Waals surface area contributed by atoms with Crippen LogP contribution in [-0.2, 0) is 11.4 Å². The van der Waals surface area contributed by atoms with Gasteiger partial charge in [0, 0.05) is 15.2 Å². The number of nitriles is 1. The molecule has 0 aliphatic rings. The number of halogens is 4. The van der Waals surface area contributed by atoms with E-state index in [1.54, 1.807) is 30.3 Å². The van der Waals surface area contributed by atoms with E-state index < -0.39 is 5.91 Å². The molecule has 0 aromatic heterocycles. The lowest BCUT2D eigenvalue weighted by Crippen LogP contribution is -2.13. The van der Waals surface area contributed by atoms with Crippen LogP contribution in [0.3, 0.4) is 0 Å². The van der Waals surface area contributed by atoms with Crippen LogP contribution in [0.5, 0.6) is 5.75 Å². The average Bonchev–Trinajstić information content (AvgIpc) is 2.74. The first-order chi connectivity index (χ1) is 14.9. The number of anilines is 1. The third kappa shape index (κ3) is 6.94.